The standard InChI is InChI=1S/C25H40N4O5/c1-17(2)14-21(20(23(32)28-34)13-9-12-19-10-7-6-8-11-19)22(31)27-29(24(33)18(3)26)15-25(4,5)16-30/h6-12,17-18,20-21,30,34H,13-16,26H2,1-5H3,(H,27,31)(H,28,32)/b12-9+/t18-,20+,21-/m1/s1. The average molecular weight is 477 g/mol. The van der Waals surface area contributed by atoms with Crippen LogP contribution in [0.3, 0.4) is 0 Å². The number of carbonyl (C=O) groups excluding carboxylic acids is 3. The zero-order chi connectivity index (χ0) is 25.9. The van der Waals surface area contributed by atoms with E-state index in [0.717, 1.165) is 10.6 Å². The lowest BCUT2D eigenvalue weighted by molar-refractivity contribution is -0.149. The number of hydrazine groups is 1. The van der Waals surface area contributed by atoms with Gasteiger partial charge >= 0.3 is 0 Å². The van der Waals surface area contributed by atoms with E-state index < -0.39 is 41.0 Å². The van der Waals surface area contributed by atoms with E-state index in [-0.39, 0.29) is 25.5 Å². The number of allylic oxidation sites excluding steroid dienone is 1. The van der Waals surface area contributed by atoms with E-state index in [2.05, 4.69) is 5.43 Å². The lowest BCUT2D eigenvalue weighted by Crippen LogP contribution is -2.57. The average Bonchev–Trinajstić information content (AvgIpc) is 2.79. The highest BCUT2D eigenvalue weighted by Gasteiger charge is 2.36. The first-order valence-electron chi connectivity index (χ1n) is 11.6. The third kappa shape index (κ3) is 9.62. The van der Waals surface area contributed by atoms with Crippen molar-refractivity contribution in [1.29, 1.82) is 0 Å². The van der Waals surface area contributed by atoms with Gasteiger partial charge in [-0.25, -0.2) is 5.48 Å². The van der Waals surface area contributed by atoms with Crippen molar-refractivity contribution in [1.82, 2.24) is 15.9 Å². The normalized spacial score (nSPS) is 14.5. The van der Waals surface area contributed by atoms with Gasteiger partial charge in [-0.1, -0.05) is 70.2 Å². The Hall–Kier alpha value is -2.75. The van der Waals surface area contributed by atoms with E-state index in [1.807, 2.05) is 50.3 Å². The molecule has 0 heterocycles. The molecule has 0 aliphatic heterocycles. The van der Waals surface area contributed by atoms with Crippen LogP contribution in [-0.2, 0) is 14.4 Å². The zero-order valence-corrected chi connectivity index (χ0v) is 20.8. The number of nitrogens with two attached hydrogens (primary N) is 1. The number of carbonyl (C=O) groups is 3. The maximum Gasteiger partial charge on any atom is 0.257 e. The Morgan fingerprint density at radius 2 is 1.71 bits per heavy atom. The van der Waals surface area contributed by atoms with E-state index in [1.54, 1.807) is 25.4 Å². The number of aliphatic hydroxyl groups excluding tert-OH is 1. The number of rotatable bonds is 12. The number of nitrogens with zero attached hydrogens (tertiary/aromatic N) is 1. The quantitative estimate of drug-likeness (QED) is 0.231. The second kappa shape index (κ2) is 13.8. The van der Waals surface area contributed by atoms with Gasteiger partial charge in [0.15, 0.2) is 0 Å². The predicted molar refractivity (Wildman–Crippen MR) is 131 cm³/mol. The lowest BCUT2D eigenvalue weighted by Gasteiger charge is -2.34. The summed E-state index contributed by atoms with van der Waals surface area (Å²) in [5.41, 5.74) is 10.3. The molecule has 1 aromatic rings. The fourth-order valence-electron chi connectivity index (χ4n) is 3.53. The topological polar surface area (TPSA) is 145 Å². The van der Waals surface area contributed by atoms with Crippen LogP contribution in [0.25, 0.3) is 6.08 Å². The highest BCUT2D eigenvalue weighted by atomic mass is 16.5. The molecule has 0 fully saturated rings. The number of hydroxylamine groups is 1. The van der Waals surface area contributed by atoms with Crippen LogP contribution in [-0.4, -0.2) is 52.2 Å². The number of amides is 3. The molecular formula is C25H40N4O5. The van der Waals surface area contributed by atoms with Gasteiger partial charge in [-0.05, 0) is 31.2 Å². The Balaban J connectivity index is 3.20. The van der Waals surface area contributed by atoms with Gasteiger partial charge in [-0.3, -0.25) is 30.0 Å². The number of aliphatic hydroxyl groups is 1. The molecule has 0 aromatic heterocycles. The molecule has 0 aliphatic rings. The third-order valence-electron chi connectivity index (χ3n) is 5.41. The van der Waals surface area contributed by atoms with Gasteiger partial charge in [0.2, 0.25) is 11.8 Å². The molecule has 0 saturated carbocycles. The number of hydrogen-bond donors (Lipinski definition) is 5. The second-order valence-corrected chi connectivity index (χ2v) is 9.88. The summed E-state index contributed by atoms with van der Waals surface area (Å²) >= 11 is 0. The van der Waals surface area contributed by atoms with Crippen LogP contribution >= 0.6 is 0 Å². The molecule has 9 nitrogen and oxygen atoms in total. The minimum absolute atomic E-state index is 0.0365. The second-order valence-electron chi connectivity index (χ2n) is 9.88. The molecule has 6 N–H and O–H groups in total. The molecule has 3 atom stereocenters. The maximum atomic E-state index is 13.4. The molecule has 0 radical (unpaired) electrons. The molecular weight excluding hydrogens is 436 g/mol. The van der Waals surface area contributed by atoms with Crippen LogP contribution in [0.4, 0.5) is 0 Å². The van der Waals surface area contributed by atoms with Crippen molar-refractivity contribution < 1.29 is 24.7 Å². The first kappa shape index (κ1) is 29.3. The molecule has 0 unspecified atom stereocenters. The Morgan fingerprint density at radius 3 is 2.21 bits per heavy atom. The lowest BCUT2D eigenvalue weighted by atomic mass is 9.82. The van der Waals surface area contributed by atoms with Crippen LogP contribution in [0, 0.1) is 23.2 Å². The fourth-order valence-corrected chi connectivity index (χ4v) is 3.53. The van der Waals surface area contributed by atoms with Crippen LogP contribution in [0.15, 0.2) is 36.4 Å². The van der Waals surface area contributed by atoms with Gasteiger partial charge in [0.1, 0.15) is 0 Å². The Labute approximate surface area is 202 Å². The molecule has 190 valence electrons. The minimum Gasteiger partial charge on any atom is -0.396 e. The van der Waals surface area contributed by atoms with Crippen molar-refractivity contribution in [2.24, 2.45) is 28.9 Å². The van der Waals surface area contributed by atoms with Gasteiger partial charge in [-0.2, -0.15) is 0 Å². The van der Waals surface area contributed by atoms with E-state index in [4.69, 9.17) is 5.73 Å². The summed E-state index contributed by atoms with van der Waals surface area (Å²) in [6, 6.07) is 8.64. The fraction of sp³-hybridized carbons (Fsp3) is 0.560. The molecule has 0 saturated heterocycles. The molecule has 0 spiro atoms. The highest BCUT2D eigenvalue weighted by Crippen LogP contribution is 2.26. The smallest absolute Gasteiger partial charge is 0.257 e. The predicted octanol–water partition coefficient (Wildman–Crippen LogP) is 2.10. The summed E-state index contributed by atoms with van der Waals surface area (Å²) in [6.07, 6.45) is 4.19. The summed E-state index contributed by atoms with van der Waals surface area (Å²) in [7, 11) is 0. The van der Waals surface area contributed by atoms with E-state index in [0.29, 0.717) is 6.42 Å². The van der Waals surface area contributed by atoms with Crippen molar-refractivity contribution >= 4 is 23.8 Å². The van der Waals surface area contributed by atoms with Crippen molar-refractivity contribution in [2.45, 2.75) is 53.5 Å². The summed E-state index contributed by atoms with van der Waals surface area (Å²) < 4.78 is 0. The third-order valence-corrected chi connectivity index (χ3v) is 5.41. The molecule has 34 heavy (non-hydrogen) atoms. The first-order valence-corrected chi connectivity index (χ1v) is 11.6. The molecule has 3 amide bonds. The molecule has 1 aromatic carbocycles. The van der Waals surface area contributed by atoms with E-state index >= 15 is 0 Å². The number of nitrogens with one attached hydrogen (secondary N) is 2. The van der Waals surface area contributed by atoms with Gasteiger partial charge in [0, 0.05) is 18.6 Å². The van der Waals surface area contributed by atoms with Crippen LogP contribution in [0.5, 0.6) is 0 Å². The minimum atomic E-state index is -0.872. The summed E-state index contributed by atoms with van der Waals surface area (Å²) in [5.74, 6) is -3.35. The zero-order valence-electron chi connectivity index (χ0n) is 20.8. The van der Waals surface area contributed by atoms with Crippen LogP contribution in [0.1, 0.15) is 53.0 Å². The van der Waals surface area contributed by atoms with Crippen molar-refractivity contribution in [3.8, 4) is 0 Å². The summed E-state index contributed by atoms with van der Waals surface area (Å²) in [6.45, 7) is 8.69. The van der Waals surface area contributed by atoms with Crippen molar-refractivity contribution in [3.63, 3.8) is 0 Å². The summed E-state index contributed by atoms with van der Waals surface area (Å²) in [5, 5.41) is 20.1. The van der Waals surface area contributed by atoms with Crippen LogP contribution in [0.2, 0.25) is 0 Å². The summed E-state index contributed by atoms with van der Waals surface area (Å²) in [4.78, 5) is 38.6. The van der Waals surface area contributed by atoms with Crippen molar-refractivity contribution in [3.05, 3.63) is 42.0 Å². The van der Waals surface area contributed by atoms with Crippen LogP contribution < -0.4 is 16.6 Å². The molecule has 0 aliphatic carbocycles. The number of benzene rings is 1. The van der Waals surface area contributed by atoms with E-state index in [1.165, 1.54) is 6.92 Å². The SMILES string of the molecule is CC(C)C[C@@H](C(=O)NN(CC(C)(C)CO)C(=O)[C@@H](C)N)[C@H](C/C=C/c1ccccc1)C(=O)NO. The van der Waals surface area contributed by atoms with Crippen molar-refractivity contribution in [2.75, 3.05) is 13.2 Å². The Morgan fingerprint density at radius 1 is 1.09 bits per heavy atom. The Kier molecular flexibility index (Phi) is 11.9. The number of hydrogen-bond acceptors (Lipinski definition) is 6. The maximum absolute atomic E-state index is 13.4. The Bertz CT molecular complexity index is 824. The first-order chi connectivity index (χ1) is 15.9. The highest BCUT2D eigenvalue weighted by molar-refractivity contribution is 5.89. The van der Waals surface area contributed by atoms with Gasteiger partial charge < -0.3 is 10.8 Å². The molecule has 0 bridgehead atoms. The van der Waals surface area contributed by atoms with Gasteiger partial charge in [0.25, 0.3) is 5.91 Å². The molecule has 1 rings (SSSR count). The molecule has 9 heteroatoms. The van der Waals surface area contributed by atoms with Gasteiger partial charge in [0.05, 0.1) is 17.9 Å². The van der Waals surface area contributed by atoms with Gasteiger partial charge in [-0.15, -0.1) is 0 Å². The van der Waals surface area contributed by atoms with E-state index in [9.17, 15) is 24.7 Å². The monoisotopic (exact) mass is 476 g/mol. The largest absolute Gasteiger partial charge is 0.396 e.